The van der Waals surface area contributed by atoms with Crippen molar-refractivity contribution in [2.24, 2.45) is 5.92 Å². The van der Waals surface area contributed by atoms with E-state index in [0.717, 1.165) is 30.4 Å². The predicted octanol–water partition coefficient (Wildman–Crippen LogP) is 2.75. The summed E-state index contributed by atoms with van der Waals surface area (Å²) in [6.07, 6.45) is 3.03. The molecule has 8 heteroatoms. The first kappa shape index (κ1) is 27.0. The molecule has 184 valence electrons. The summed E-state index contributed by atoms with van der Waals surface area (Å²) in [5, 5.41) is 14.3. The van der Waals surface area contributed by atoms with Gasteiger partial charge in [0, 0.05) is 32.4 Å². The lowest BCUT2D eigenvalue weighted by Crippen LogP contribution is -2.49. The number of carbonyl (C=O) groups is 3. The molecule has 34 heavy (non-hydrogen) atoms. The Morgan fingerprint density at radius 2 is 1.53 bits per heavy atom. The summed E-state index contributed by atoms with van der Waals surface area (Å²) in [5.74, 6) is -1.97. The van der Waals surface area contributed by atoms with Crippen LogP contribution in [0.25, 0.3) is 0 Å². The fraction of sp³-hybridized carbons (Fsp3) is 0.423. The molecule has 8 nitrogen and oxygen atoms in total. The van der Waals surface area contributed by atoms with Gasteiger partial charge in [-0.1, -0.05) is 73.5 Å². The zero-order valence-corrected chi connectivity index (χ0v) is 19.7. The van der Waals surface area contributed by atoms with Gasteiger partial charge in [0.05, 0.1) is 6.61 Å². The summed E-state index contributed by atoms with van der Waals surface area (Å²) in [6, 6.07) is 18.6. The summed E-state index contributed by atoms with van der Waals surface area (Å²) in [4.78, 5) is 37.1. The van der Waals surface area contributed by atoms with Gasteiger partial charge in [0.15, 0.2) is 0 Å². The second-order valence-electron chi connectivity index (χ2n) is 8.19. The molecule has 0 heterocycles. The number of hydrogen-bond acceptors (Lipinski definition) is 5. The quantitative estimate of drug-likeness (QED) is 0.182. The molecular weight excluding hydrogens is 434 g/mol. The summed E-state index contributed by atoms with van der Waals surface area (Å²) in [7, 11) is 1.52. The highest BCUT2D eigenvalue weighted by Crippen LogP contribution is 2.16. The number of benzene rings is 2. The van der Waals surface area contributed by atoms with Crippen molar-refractivity contribution in [2.75, 3.05) is 13.7 Å². The smallest absolute Gasteiger partial charge is 0.244 e. The van der Waals surface area contributed by atoms with Gasteiger partial charge in [-0.25, -0.2) is 5.48 Å². The Bertz CT molecular complexity index is 877. The summed E-state index contributed by atoms with van der Waals surface area (Å²) >= 11 is 0. The van der Waals surface area contributed by atoms with Gasteiger partial charge in [-0.3, -0.25) is 19.6 Å². The molecule has 0 bridgehead atoms. The van der Waals surface area contributed by atoms with E-state index in [1.54, 1.807) is 5.48 Å². The van der Waals surface area contributed by atoms with Crippen LogP contribution in [0.5, 0.6) is 0 Å². The number of nitrogens with one attached hydrogen (secondary N) is 3. The van der Waals surface area contributed by atoms with Crippen LogP contribution in [0.2, 0.25) is 0 Å². The van der Waals surface area contributed by atoms with E-state index in [4.69, 9.17) is 9.94 Å². The highest BCUT2D eigenvalue weighted by Gasteiger charge is 2.26. The van der Waals surface area contributed by atoms with Gasteiger partial charge in [0.1, 0.15) is 6.04 Å². The molecule has 0 saturated carbocycles. The zero-order valence-electron chi connectivity index (χ0n) is 19.7. The Morgan fingerprint density at radius 3 is 2.15 bits per heavy atom. The van der Waals surface area contributed by atoms with Crippen LogP contribution >= 0.6 is 0 Å². The molecule has 0 unspecified atom stereocenters. The average molecular weight is 470 g/mol. The average Bonchev–Trinajstić information content (AvgIpc) is 2.87. The second-order valence-corrected chi connectivity index (χ2v) is 8.19. The van der Waals surface area contributed by atoms with Crippen LogP contribution in [-0.2, 0) is 32.1 Å². The highest BCUT2D eigenvalue weighted by molar-refractivity contribution is 5.90. The van der Waals surface area contributed by atoms with Crippen molar-refractivity contribution in [1.29, 1.82) is 0 Å². The van der Waals surface area contributed by atoms with E-state index in [0.29, 0.717) is 26.1 Å². The van der Waals surface area contributed by atoms with E-state index in [1.807, 2.05) is 60.7 Å². The first-order valence-corrected chi connectivity index (χ1v) is 11.6. The Balaban J connectivity index is 1.83. The fourth-order valence-corrected chi connectivity index (χ4v) is 3.65. The maximum atomic E-state index is 13.0. The monoisotopic (exact) mass is 469 g/mol. The van der Waals surface area contributed by atoms with Gasteiger partial charge in [-0.05, 0) is 24.0 Å². The molecule has 0 spiro atoms. The maximum Gasteiger partial charge on any atom is 0.244 e. The van der Waals surface area contributed by atoms with Crippen LogP contribution in [0.4, 0.5) is 0 Å². The number of amides is 3. The molecule has 0 aromatic heterocycles. The number of unbranched alkanes of at least 4 members (excludes halogenated alkanes) is 2. The molecule has 0 radical (unpaired) electrons. The van der Waals surface area contributed by atoms with Crippen LogP contribution in [0, 0.1) is 5.92 Å². The molecule has 0 aliphatic carbocycles. The molecule has 4 N–H and O–H groups in total. The van der Waals surface area contributed by atoms with Crippen LogP contribution in [-0.4, -0.2) is 42.6 Å². The molecule has 0 saturated heterocycles. The zero-order chi connectivity index (χ0) is 24.6. The van der Waals surface area contributed by atoms with Gasteiger partial charge in [0.25, 0.3) is 0 Å². The van der Waals surface area contributed by atoms with Crippen molar-refractivity contribution in [3.63, 3.8) is 0 Å². The van der Waals surface area contributed by atoms with Crippen molar-refractivity contribution >= 4 is 17.7 Å². The topological polar surface area (TPSA) is 117 Å². The molecule has 2 aromatic carbocycles. The molecule has 2 rings (SSSR count). The van der Waals surface area contributed by atoms with Gasteiger partial charge in [-0.15, -0.1) is 0 Å². The first-order valence-electron chi connectivity index (χ1n) is 11.6. The van der Waals surface area contributed by atoms with Crippen LogP contribution in [0.1, 0.15) is 43.2 Å². The van der Waals surface area contributed by atoms with E-state index >= 15 is 0 Å². The SMILES string of the molecule is CNC(=O)[C@H](Cc1ccccc1)NC(=O)[C@H](CCCCCOCc1ccccc1)CC(=O)NO. The third kappa shape index (κ3) is 10.1. The van der Waals surface area contributed by atoms with Crippen molar-refractivity contribution in [1.82, 2.24) is 16.1 Å². The van der Waals surface area contributed by atoms with Crippen LogP contribution in [0.15, 0.2) is 60.7 Å². The van der Waals surface area contributed by atoms with Crippen molar-refractivity contribution in [3.05, 3.63) is 71.8 Å². The first-order chi connectivity index (χ1) is 16.5. The normalized spacial score (nSPS) is 12.4. The third-order valence-corrected chi connectivity index (χ3v) is 5.54. The Morgan fingerprint density at radius 1 is 0.882 bits per heavy atom. The number of rotatable bonds is 15. The summed E-state index contributed by atoms with van der Waals surface area (Å²) < 4.78 is 5.68. The lowest BCUT2D eigenvalue weighted by atomic mass is 9.95. The van der Waals surface area contributed by atoms with Gasteiger partial charge in [-0.2, -0.15) is 0 Å². The van der Waals surface area contributed by atoms with E-state index in [2.05, 4.69) is 10.6 Å². The highest BCUT2D eigenvalue weighted by atomic mass is 16.5. The molecule has 0 aliphatic rings. The summed E-state index contributed by atoms with van der Waals surface area (Å²) in [6.45, 7) is 1.17. The van der Waals surface area contributed by atoms with Crippen LogP contribution < -0.4 is 16.1 Å². The number of hydrogen-bond donors (Lipinski definition) is 4. The van der Waals surface area contributed by atoms with E-state index in [9.17, 15) is 14.4 Å². The van der Waals surface area contributed by atoms with E-state index in [-0.39, 0.29) is 18.2 Å². The van der Waals surface area contributed by atoms with Crippen molar-refractivity contribution in [2.45, 2.75) is 51.2 Å². The summed E-state index contributed by atoms with van der Waals surface area (Å²) in [5.41, 5.74) is 3.63. The van der Waals surface area contributed by atoms with Crippen molar-refractivity contribution in [3.8, 4) is 0 Å². The minimum atomic E-state index is -0.758. The number of ether oxygens (including phenoxy) is 1. The molecule has 0 fully saturated rings. The van der Waals surface area contributed by atoms with Gasteiger partial charge >= 0.3 is 0 Å². The largest absolute Gasteiger partial charge is 0.377 e. The van der Waals surface area contributed by atoms with Crippen LogP contribution in [0.3, 0.4) is 0 Å². The fourth-order valence-electron chi connectivity index (χ4n) is 3.65. The van der Waals surface area contributed by atoms with E-state index < -0.39 is 17.9 Å². The predicted molar refractivity (Wildman–Crippen MR) is 129 cm³/mol. The molecule has 2 aromatic rings. The molecule has 0 aliphatic heterocycles. The minimum Gasteiger partial charge on any atom is -0.377 e. The Kier molecular flexibility index (Phi) is 12.4. The molecular formula is C26H35N3O5. The Labute approximate surface area is 201 Å². The molecule has 3 amide bonds. The van der Waals surface area contributed by atoms with E-state index in [1.165, 1.54) is 7.05 Å². The second kappa shape index (κ2) is 15.6. The Hall–Kier alpha value is -3.23. The number of hydroxylamine groups is 1. The standard InChI is InChI=1S/C26H35N3O5/c1-27-26(32)23(17-20-11-5-2-6-12-20)28-25(31)22(18-24(30)29-33)15-9-4-10-16-34-19-21-13-7-3-8-14-21/h2-3,5-8,11-14,22-23,33H,4,9-10,15-19H2,1H3,(H,27,32)(H,28,31)(H,29,30)/t22-,23+/m1/s1. The lowest BCUT2D eigenvalue weighted by molar-refractivity contribution is -0.136. The van der Waals surface area contributed by atoms with Crippen molar-refractivity contribution < 1.29 is 24.3 Å². The number of carbonyl (C=O) groups excluding carboxylic acids is 3. The van der Waals surface area contributed by atoms with Gasteiger partial charge in [0.2, 0.25) is 17.7 Å². The maximum absolute atomic E-state index is 13.0. The number of likely N-dealkylation sites (N-methyl/N-ethyl adjacent to an activating group) is 1. The lowest BCUT2D eigenvalue weighted by Gasteiger charge is -2.22. The van der Waals surface area contributed by atoms with Gasteiger partial charge < -0.3 is 15.4 Å². The molecule has 2 atom stereocenters. The minimum absolute atomic E-state index is 0.154. The third-order valence-electron chi connectivity index (χ3n) is 5.54.